The van der Waals surface area contributed by atoms with Crippen molar-refractivity contribution in [1.82, 2.24) is 15.3 Å². The van der Waals surface area contributed by atoms with Gasteiger partial charge in [-0.1, -0.05) is 54.6 Å². The lowest BCUT2D eigenvalue weighted by atomic mass is 10.0. The maximum Gasteiger partial charge on any atom is 0.251 e. The number of nitrogens with one attached hydrogen (secondary N) is 2. The van der Waals surface area contributed by atoms with Crippen LogP contribution in [0.4, 0.5) is 5.69 Å². The molecule has 30 heavy (non-hydrogen) atoms. The van der Waals surface area contributed by atoms with E-state index in [0.717, 1.165) is 16.5 Å². The molecule has 0 aliphatic heterocycles. The summed E-state index contributed by atoms with van der Waals surface area (Å²) in [6.07, 6.45) is 3.49. The molecule has 0 spiro atoms. The summed E-state index contributed by atoms with van der Waals surface area (Å²) in [6.45, 7) is 0. The lowest BCUT2D eigenvalue weighted by molar-refractivity contribution is -0.118. The zero-order valence-corrected chi connectivity index (χ0v) is 16.2. The van der Waals surface area contributed by atoms with Crippen LogP contribution in [0.15, 0.2) is 91.4 Å². The molecule has 0 fully saturated rings. The number of hydrogen-bond donors (Lipinski definition) is 2. The largest absolute Gasteiger partial charge is 0.340 e. The summed E-state index contributed by atoms with van der Waals surface area (Å²) in [4.78, 5) is 34.1. The summed E-state index contributed by atoms with van der Waals surface area (Å²) in [6, 6.07) is 23.2. The Labute approximate surface area is 174 Å². The summed E-state index contributed by atoms with van der Waals surface area (Å²) < 4.78 is 0. The van der Waals surface area contributed by atoms with E-state index in [1.165, 1.54) is 6.33 Å². The SMILES string of the molecule is O=C(NC(Cc1ccccc1)C(=O)Nc1cccc2ncncc12)c1ccccc1. The first-order chi connectivity index (χ1) is 14.7. The van der Waals surface area contributed by atoms with Gasteiger partial charge in [0, 0.05) is 23.6 Å². The Morgan fingerprint density at radius 2 is 1.60 bits per heavy atom. The first kappa shape index (κ1) is 19.3. The molecule has 0 saturated heterocycles. The van der Waals surface area contributed by atoms with Crippen LogP contribution in [-0.2, 0) is 11.2 Å². The van der Waals surface area contributed by atoms with Crippen LogP contribution < -0.4 is 10.6 Å². The van der Waals surface area contributed by atoms with Crippen LogP contribution >= 0.6 is 0 Å². The van der Waals surface area contributed by atoms with E-state index >= 15 is 0 Å². The molecule has 1 aromatic heterocycles. The lowest BCUT2D eigenvalue weighted by Crippen LogP contribution is -2.45. The average molecular weight is 396 g/mol. The van der Waals surface area contributed by atoms with Crippen LogP contribution in [0.5, 0.6) is 0 Å². The monoisotopic (exact) mass is 396 g/mol. The Bertz CT molecular complexity index is 1160. The summed E-state index contributed by atoms with van der Waals surface area (Å²) >= 11 is 0. The smallest absolute Gasteiger partial charge is 0.251 e. The molecule has 6 heteroatoms. The van der Waals surface area contributed by atoms with E-state index in [4.69, 9.17) is 0 Å². The van der Waals surface area contributed by atoms with Crippen LogP contribution in [0, 0.1) is 0 Å². The Balaban J connectivity index is 1.59. The fourth-order valence-electron chi connectivity index (χ4n) is 3.22. The molecular formula is C24H20N4O2. The minimum Gasteiger partial charge on any atom is -0.340 e. The highest BCUT2D eigenvalue weighted by atomic mass is 16.2. The van der Waals surface area contributed by atoms with Crippen LogP contribution in [0.1, 0.15) is 15.9 Å². The Morgan fingerprint density at radius 3 is 2.37 bits per heavy atom. The highest BCUT2D eigenvalue weighted by Gasteiger charge is 2.22. The van der Waals surface area contributed by atoms with Gasteiger partial charge in [0.1, 0.15) is 12.4 Å². The zero-order chi connectivity index (χ0) is 20.8. The molecule has 1 unspecified atom stereocenters. The fourth-order valence-corrected chi connectivity index (χ4v) is 3.22. The van der Waals surface area contributed by atoms with Crippen molar-refractivity contribution in [3.8, 4) is 0 Å². The van der Waals surface area contributed by atoms with Gasteiger partial charge in [-0.3, -0.25) is 9.59 Å². The van der Waals surface area contributed by atoms with Gasteiger partial charge >= 0.3 is 0 Å². The molecule has 2 amide bonds. The van der Waals surface area contributed by atoms with E-state index < -0.39 is 6.04 Å². The second-order valence-corrected chi connectivity index (χ2v) is 6.83. The quantitative estimate of drug-likeness (QED) is 0.521. The van der Waals surface area contributed by atoms with Gasteiger partial charge in [0.25, 0.3) is 5.91 Å². The van der Waals surface area contributed by atoms with Crippen molar-refractivity contribution in [1.29, 1.82) is 0 Å². The van der Waals surface area contributed by atoms with Crippen molar-refractivity contribution in [2.75, 3.05) is 5.32 Å². The molecule has 0 aliphatic carbocycles. The standard InChI is InChI=1S/C24H20N4O2/c29-23(18-10-5-2-6-11-18)28-22(14-17-8-3-1-4-9-17)24(30)27-21-13-7-12-20-19(21)15-25-16-26-20/h1-13,15-16,22H,14H2,(H,27,30)(H,28,29). The number of nitrogens with zero attached hydrogens (tertiary/aromatic N) is 2. The van der Waals surface area contributed by atoms with Crippen molar-refractivity contribution in [2.45, 2.75) is 12.5 Å². The van der Waals surface area contributed by atoms with E-state index in [2.05, 4.69) is 20.6 Å². The average Bonchev–Trinajstić information content (AvgIpc) is 2.80. The number of fused-ring (bicyclic) bond motifs is 1. The Kier molecular flexibility index (Phi) is 5.75. The number of amides is 2. The number of rotatable bonds is 6. The summed E-state index contributed by atoms with van der Waals surface area (Å²) in [5.41, 5.74) is 2.79. The van der Waals surface area contributed by atoms with Crippen molar-refractivity contribution in [3.63, 3.8) is 0 Å². The zero-order valence-electron chi connectivity index (χ0n) is 16.2. The molecule has 0 aliphatic rings. The number of anilines is 1. The van der Waals surface area contributed by atoms with Gasteiger partial charge in [0.05, 0.1) is 11.2 Å². The first-order valence-electron chi connectivity index (χ1n) is 9.60. The molecule has 1 atom stereocenters. The second kappa shape index (κ2) is 8.96. The molecule has 3 aromatic carbocycles. The maximum absolute atomic E-state index is 13.2. The normalized spacial score (nSPS) is 11.6. The Hall–Kier alpha value is -4.06. The third-order valence-corrected chi connectivity index (χ3v) is 4.75. The first-order valence-corrected chi connectivity index (χ1v) is 9.60. The van der Waals surface area contributed by atoms with Gasteiger partial charge in [-0.15, -0.1) is 0 Å². The van der Waals surface area contributed by atoms with E-state index in [-0.39, 0.29) is 11.8 Å². The van der Waals surface area contributed by atoms with E-state index in [1.54, 1.807) is 36.5 Å². The third kappa shape index (κ3) is 4.50. The van der Waals surface area contributed by atoms with Crippen molar-refractivity contribution < 1.29 is 9.59 Å². The van der Waals surface area contributed by atoms with Gasteiger partial charge < -0.3 is 10.6 Å². The van der Waals surface area contributed by atoms with Crippen LogP contribution in [0.2, 0.25) is 0 Å². The summed E-state index contributed by atoms with van der Waals surface area (Å²) in [7, 11) is 0. The van der Waals surface area contributed by atoms with Gasteiger partial charge in [0.15, 0.2) is 0 Å². The predicted octanol–water partition coefficient (Wildman–Crippen LogP) is 3.61. The van der Waals surface area contributed by atoms with Gasteiger partial charge in [-0.05, 0) is 29.8 Å². The van der Waals surface area contributed by atoms with E-state index in [1.807, 2.05) is 48.5 Å². The molecule has 2 N–H and O–H groups in total. The molecule has 0 radical (unpaired) electrons. The Morgan fingerprint density at radius 1 is 0.867 bits per heavy atom. The summed E-state index contributed by atoms with van der Waals surface area (Å²) in [5, 5.41) is 6.53. The highest BCUT2D eigenvalue weighted by Crippen LogP contribution is 2.21. The fraction of sp³-hybridized carbons (Fsp3) is 0.0833. The maximum atomic E-state index is 13.2. The van der Waals surface area contributed by atoms with E-state index in [9.17, 15) is 9.59 Å². The molecule has 148 valence electrons. The number of hydrogen-bond acceptors (Lipinski definition) is 4. The van der Waals surface area contributed by atoms with Crippen molar-refractivity contribution in [3.05, 3.63) is 103 Å². The summed E-state index contributed by atoms with van der Waals surface area (Å²) in [5.74, 6) is -0.604. The number of aromatic nitrogens is 2. The molecule has 1 heterocycles. The predicted molar refractivity (Wildman–Crippen MR) is 116 cm³/mol. The molecule has 4 aromatic rings. The van der Waals surface area contributed by atoms with Gasteiger partial charge in [-0.25, -0.2) is 9.97 Å². The van der Waals surface area contributed by atoms with E-state index in [0.29, 0.717) is 17.7 Å². The number of benzene rings is 3. The molecule has 4 rings (SSSR count). The molecular weight excluding hydrogens is 376 g/mol. The minimum atomic E-state index is -0.750. The topological polar surface area (TPSA) is 84.0 Å². The number of carbonyl (C=O) groups excluding carboxylic acids is 2. The second-order valence-electron chi connectivity index (χ2n) is 6.83. The van der Waals surface area contributed by atoms with Crippen molar-refractivity contribution in [2.24, 2.45) is 0 Å². The van der Waals surface area contributed by atoms with Crippen LogP contribution in [0.25, 0.3) is 10.9 Å². The third-order valence-electron chi connectivity index (χ3n) is 4.75. The molecule has 0 bridgehead atoms. The molecule has 0 saturated carbocycles. The van der Waals surface area contributed by atoms with Crippen molar-refractivity contribution >= 4 is 28.4 Å². The number of carbonyl (C=O) groups is 2. The lowest BCUT2D eigenvalue weighted by Gasteiger charge is -2.19. The molecule has 6 nitrogen and oxygen atoms in total. The van der Waals surface area contributed by atoms with Crippen LogP contribution in [-0.4, -0.2) is 27.8 Å². The highest BCUT2D eigenvalue weighted by molar-refractivity contribution is 6.05. The van der Waals surface area contributed by atoms with Gasteiger partial charge in [0.2, 0.25) is 5.91 Å². The minimum absolute atomic E-state index is 0.298. The van der Waals surface area contributed by atoms with Crippen LogP contribution in [0.3, 0.4) is 0 Å². The van der Waals surface area contributed by atoms with Gasteiger partial charge in [-0.2, -0.15) is 0 Å².